The molecule has 4 aliphatic rings. The third-order valence-corrected chi connectivity index (χ3v) is 6.32. The molecule has 4 bridgehead atoms. The Morgan fingerprint density at radius 3 is 2.36 bits per heavy atom. The van der Waals surface area contributed by atoms with Gasteiger partial charge in [-0.15, -0.1) is 0 Å². The fourth-order valence-corrected chi connectivity index (χ4v) is 5.25. The lowest BCUT2D eigenvalue weighted by atomic mass is 9.50. The van der Waals surface area contributed by atoms with E-state index >= 15 is 0 Å². The van der Waals surface area contributed by atoms with Gasteiger partial charge < -0.3 is 4.74 Å². The van der Waals surface area contributed by atoms with Gasteiger partial charge in [0.15, 0.2) is 0 Å². The summed E-state index contributed by atoms with van der Waals surface area (Å²) in [6.45, 7) is 5.47. The predicted molar refractivity (Wildman–Crippen MR) is 81.5 cm³/mol. The monoisotopic (exact) mass is 328 g/mol. The maximum atomic E-state index is 12.3. The van der Waals surface area contributed by atoms with Gasteiger partial charge in [-0.2, -0.15) is 8.42 Å². The first-order valence-corrected chi connectivity index (χ1v) is 9.76. The van der Waals surface area contributed by atoms with Crippen molar-refractivity contribution in [3.63, 3.8) is 0 Å². The number of carbonyl (C=O) groups excluding carboxylic acids is 1. The second-order valence-electron chi connectivity index (χ2n) is 7.42. The van der Waals surface area contributed by atoms with Crippen LogP contribution in [0.25, 0.3) is 0 Å². The van der Waals surface area contributed by atoms with Crippen LogP contribution >= 0.6 is 0 Å². The van der Waals surface area contributed by atoms with E-state index in [1.165, 1.54) is 19.3 Å². The Morgan fingerprint density at radius 2 is 1.82 bits per heavy atom. The van der Waals surface area contributed by atoms with Crippen LogP contribution in [0.2, 0.25) is 0 Å². The van der Waals surface area contributed by atoms with Crippen molar-refractivity contribution in [3.8, 4) is 0 Å². The van der Waals surface area contributed by atoms with E-state index in [4.69, 9.17) is 4.74 Å². The van der Waals surface area contributed by atoms with Crippen molar-refractivity contribution < 1.29 is 22.1 Å². The van der Waals surface area contributed by atoms with Crippen molar-refractivity contribution >= 4 is 16.1 Å². The molecule has 3 unspecified atom stereocenters. The van der Waals surface area contributed by atoms with E-state index in [9.17, 15) is 13.2 Å². The van der Waals surface area contributed by atoms with Crippen molar-refractivity contribution in [1.29, 1.82) is 0 Å². The fourth-order valence-electron chi connectivity index (χ4n) is 4.89. The minimum atomic E-state index is -3.59. The van der Waals surface area contributed by atoms with E-state index in [-0.39, 0.29) is 17.8 Å². The summed E-state index contributed by atoms with van der Waals surface area (Å²) in [5.74, 6) is 1.84. The number of hydrogen-bond acceptors (Lipinski definition) is 5. The molecule has 0 saturated heterocycles. The maximum absolute atomic E-state index is 12.3. The number of esters is 1. The fraction of sp³-hybridized carbons (Fsp3) is 0.812. The van der Waals surface area contributed by atoms with E-state index in [1.807, 2.05) is 0 Å². The Morgan fingerprint density at radius 1 is 1.23 bits per heavy atom. The number of ether oxygens (including phenoxy) is 1. The molecule has 3 atom stereocenters. The first-order chi connectivity index (χ1) is 10.2. The molecule has 0 spiro atoms. The van der Waals surface area contributed by atoms with Gasteiger partial charge in [-0.25, -0.2) is 4.79 Å². The molecule has 0 heterocycles. The standard InChI is InChI=1S/C16H24O5S/c1-10(9-20-22(3,18)19)15(17)21-16-7-12-4-13(8-16)6-14(5-12)11(16)2/h11-14H,1,4-9H2,2-3H3. The zero-order chi connectivity index (χ0) is 16.1. The molecule has 0 aromatic carbocycles. The average Bonchev–Trinajstić information content (AvgIpc) is 2.40. The Kier molecular flexibility index (Phi) is 3.88. The van der Waals surface area contributed by atoms with Crippen molar-refractivity contribution in [2.24, 2.45) is 23.7 Å². The van der Waals surface area contributed by atoms with Crippen LogP contribution in [-0.4, -0.2) is 32.9 Å². The second kappa shape index (κ2) is 5.34. The van der Waals surface area contributed by atoms with E-state index in [2.05, 4.69) is 17.7 Å². The number of rotatable bonds is 5. The van der Waals surface area contributed by atoms with Crippen molar-refractivity contribution in [2.75, 3.05) is 12.9 Å². The van der Waals surface area contributed by atoms with Gasteiger partial charge >= 0.3 is 5.97 Å². The van der Waals surface area contributed by atoms with Crippen molar-refractivity contribution in [1.82, 2.24) is 0 Å². The minimum Gasteiger partial charge on any atom is -0.455 e. The molecule has 0 aliphatic heterocycles. The van der Waals surface area contributed by atoms with E-state index in [0.717, 1.165) is 19.1 Å². The summed E-state index contributed by atoms with van der Waals surface area (Å²) in [4.78, 5) is 12.3. The van der Waals surface area contributed by atoms with Crippen LogP contribution in [0.15, 0.2) is 12.2 Å². The highest BCUT2D eigenvalue weighted by molar-refractivity contribution is 7.86. The number of hydrogen-bond donors (Lipinski definition) is 0. The third-order valence-electron chi connectivity index (χ3n) is 5.78. The van der Waals surface area contributed by atoms with Crippen LogP contribution in [0.1, 0.15) is 39.0 Å². The van der Waals surface area contributed by atoms with E-state index in [0.29, 0.717) is 23.7 Å². The Hall–Kier alpha value is -0.880. The summed E-state index contributed by atoms with van der Waals surface area (Å²) in [6.07, 6.45) is 6.61. The summed E-state index contributed by atoms with van der Waals surface area (Å²) in [7, 11) is -3.59. The molecule has 22 heavy (non-hydrogen) atoms. The predicted octanol–water partition coefficient (Wildman–Crippen LogP) is 2.28. The van der Waals surface area contributed by atoms with E-state index < -0.39 is 16.1 Å². The van der Waals surface area contributed by atoms with Crippen molar-refractivity contribution in [2.45, 2.75) is 44.6 Å². The summed E-state index contributed by atoms with van der Waals surface area (Å²) < 4.78 is 32.5. The molecule has 4 saturated carbocycles. The largest absolute Gasteiger partial charge is 0.455 e. The number of carbonyl (C=O) groups is 1. The highest BCUT2D eigenvalue weighted by Crippen LogP contribution is 2.59. The molecular weight excluding hydrogens is 304 g/mol. The van der Waals surface area contributed by atoms with Crippen molar-refractivity contribution in [3.05, 3.63) is 12.2 Å². The molecule has 0 amide bonds. The van der Waals surface area contributed by atoms with Gasteiger partial charge in [0, 0.05) is 0 Å². The lowest BCUT2D eigenvalue weighted by molar-refractivity contribution is -0.201. The summed E-state index contributed by atoms with van der Waals surface area (Å²) in [5.41, 5.74) is -0.312. The normalized spacial score (nSPS) is 39.7. The van der Waals surface area contributed by atoms with Gasteiger partial charge in [-0.05, 0) is 55.8 Å². The molecule has 0 aromatic heterocycles. The summed E-state index contributed by atoms with van der Waals surface area (Å²) >= 11 is 0. The first kappa shape index (κ1) is 16.0. The molecule has 0 N–H and O–H groups in total. The molecule has 5 nitrogen and oxygen atoms in total. The van der Waals surface area contributed by atoms with Gasteiger partial charge in [-0.1, -0.05) is 13.5 Å². The van der Waals surface area contributed by atoms with Crippen LogP contribution in [0.4, 0.5) is 0 Å². The van der Waals surface area contributed by atoms with Crippen LogP contribution in [0, 0.1) is 23.7 Å². The maximum Gasteiger partial charge on any atom is 0.336 e. The van der Waals surface area contributed by atoms with Crippen LogP contribution < -0.4 is 0 Å². The molecule has 0 radical (unpaired) electrons. The third kappa shape index (κ3) is 2.95. The highest BCUT2D eigenvalue weighted by atomic mass is 32.2. The molecule has 4 rings (SSSR count). The summed E-state index contributed by atoms with van der Waals surface area (Å²) in [5, 5.41) is 0. The lowest BCUT2D eigenvalue weighted by Gasteiger charge is -2.59. The Labute approximate surface area is 132 Å². The lowest BCUT2D eigenvalue weighted by Crippen LogP contribution is -2.58. The van der Waals surface area contributed by atoms with E-state index in [1.54, 1.807) is 0 Å². The molecule has 4 aliphatic carbocycles. The first-order valence-electron chi connectivity index (χ1n) is 7.94. The van der Waals surface area contributed by atoms with Crippen LogP contribution in [-0.2, 0) is 23.8 Å². The highest BCUT2D eigenvalue weighted by Gasteiger charge is 2.57. The minimum absolute atomic E-state index is 0.0633. The van der Waals surface area contributed by atoms with Gasteiger partial charge in [0.1, 0.15) is 5.60 Å². The second-order valence-corrected chi connectivity index (χ2v) is 9.06. The quantitative estimate of drug-likeness (QED) is 0.440. The average molecular weight is 328 g/mol. The smallest absolute Gasteiger partial charge is 0.336 e. The zero-order valence-corrected chi connectivity index (χ0v) is 14.0. The molecule has 4 fully saturated rings. The van der Waals surface area contributed by atoms with Crippen LogP contribution in [0.3, 0.4) is 0 Å². The Bertz CT molecular complexity index is 580. The molecule has 6 heteroatoms. The Balaban J connectivity index is 1.67. The van der Waals surface area contributed by atoms with Gasteiger partial charge in [0.2, 0.25) is 0 Å². The van der Waals surface area contributed by atoms with Crippen LogP contribution in [0.5, 0.6) is 0 Å². The van der Waals surface area contributed by atoms with Gasteiger partial charge in [0.25, 0.3) is 10.1 Å². The molecular formula is C16H24O5S. The van der Waals surface area contributed by atoms with Gasteiger partial charge in [0.05, 0.1) is 18.4 Å². The topological polar surface area (TPSA) is 69.7 Å². The summed E-state index contributed by atoms with van der Waals surface area (Å²) in [6, 6.07) is 0. The van der Waals surface area contributed by atoms with Gasteiger partial charge in [-0.3, -0.25) is 4.18 Å². The molecule has 0 aromatic rings. The SMILES string of the molecule is C=C(COS(C)(=O)=O)C(=O)OC12CC3CC(CC(C3)C1C)C2. The zero-order valence-electron chi connectivity index (χ0n) is 13.2. The molecule has 124 valence electrons.